The number of hydrogen-bond donors (Lipinski definition) is 1. The molecule has 0 aliphatic carbocycles. The number of aromatic nitrogens is 4. The fourth-order valence-electron chi connectivity index (χ4n) is 3.45. The van der Waals surface area contributed by atoms with Gasteiger partial charge in [-0.2, -0.15) is 4.98 Å². The lowest BCUT2D eigenvalue weighted by molar-refractivity contribution is 0.120. The normalized spacial score (nSPS) is 26.2. The molecule has 0 amide bonds. The molecule has 0 saturated carbocycles. The maximum absolute atomic E-state index is 12.2. The van der Waals surface area contributed by atoms with E-state index in [2.05, 4.69) is 20.3 Å². The summed E-state index contributed by atoms with van der Waals surface area (Å²) >= 11 is 0. The van der Waals surface area contributed by atoms with E-state index in [1.165, 1.54) is 29.8 Å². The van der Waals surface area contributed by atoms with Crippen LogP contribution in [0.3, 0.4) is 0 Å². The molecule has 2 aliphatic heterocycles. The van der Waals surface area contributed by atoms with Crippen molar-refractivity contribution in [2.45, 2.75) is 43.9 Å². The third-order valence-electron chi connectivity index (χ3n) is 4.64. The van der Waals surface area contributed by atoms with Crippen LogP contribution in [0.25, 0.3) is 11.4 Å². The Hall–Kier alpha value is -2.28. The Kier molecular flexibility index (Phi) is 3.57. The molecule has 4 rings (SSSR count). The van der Waals surface area contributed by atoms with Crippen molar-refractivity contribution in [2.24, 2.45) is 7.05 Å². The topological polar surface area (TPSA) is 81.9 Å². The van der Waals surface area contributed by atoms with Gasteiger partial charge in [0.1, 0.15) is 12.4 Å². The summed E-state index contributed by atoms with van der Waals surface area (Å²) in [5.41, 5.74) is 0.982. The predicted octanol–water partition coefficient (Wildman–Crippen LogP) is 0.899. The van der Waals surface area contributed by atoms with E-state index >= 15 is 0 Å². The lowest BCUT2D eigenvalue weighted by atomic mass is 10.0. The monoisotopic (exact) mass is 313 g/mol. The third-order valence-corrected chi connectivity index (χ3v) is 4.64. The van der Waals surface area contributed by atoms with E-state index in [4.69, 9.17) is 4.74 Å². The molecule has 3 atom stereocenters. The highest BCUT2D eigenvalue weighted by Crippen LogP contribution is 2.29. The Morgan fingerprint density at radius 1 is 1.26 bits per heavy atom. The van der Waals surface area contributed by atoms with Crippen LogP contribution in [0.5, 0.6) is 6.01 Å². The molecule has 7 nitrogen and oxygen atoms in total. The first kappa shape index (κ1) is 14.3. The Balaban J connectivity index is 1.63. The van der Waals surface area contributed by atoms with Gasteiger partial charge in [-0.3, -0.25) is 9.36 Å². The van der Waals surface area contributed by atoms with Gasteiger partial charge in [0.2, 0.25) is 0 Å². The van der Waals surface area contributed by atoms with E-state index in [9.17, 15) is 4.79 Å². The number of rotatable bonds is 3. The van der Waals surface area contributed by atoms with Gasteiger partial charge in [-0.1, -0.05) is 0 Å². The summed E-state index contributed by atoms with van der Waals surface area (Å²) in [6, 6.07) is 4.62. The number of nitrogens with zero attached hydrogens (tertiary/aromatic N) is 4. The van der Waals surface area contributed by atoms with Gasteiger partial charge in [0.05, 0.1) is 11.4 Å². The lowest BCUT2D eigenvalue weighted by Gasteiger charge is -2.29. The van der Waals surface area contributed by atoms with E-state index in [-0.39, 0.29) is 11.7 Å². The minimum atomic E-state index is -0.152. The zero-order chi connectivity index (χ0) is 15.8. The van der Waals surface area contributed by atoms with Crippen LogP contribution in [-0.2, 0) is 7.05 Å². The Labute approximate surface area is 133 Å². The average Bonchev–Trinajstić information content (AvgIpc) is 2.91. The van der Waals surface area contributed by atoms with Crippen molar-refractivity contribution in [2.75, 3.05) is 0 Å². The minimum absolute atomic E-state index is 0.104. The Morgan fingerprint density at radius 3 is 2.74 bits per heavy atom. The molecule has 0 radical (unpaired) electrons. The summed E-state index contributed by atoms with van der Waals surface area (Å²) in [5.74, 6) is 0. The van der Waals surface area contributed by atoms with E-state index in [1.54, 1.807) is 19.3 Å². The standard InChI is InChI=1S/C16H19N5O2/c1-21-15(22)8-14(13-4-5-17-9-18-13)20-16(21)23-12-6-10-2-3-11(7-12)19-10/h4-5,8-12,19H,2-3,6-7H2,1H3/t10-,11+,12?. The molecule has 7 heteroatoms. The van der Waals surface area contributed by atoms with Crippen LogP contribution in [0, 0.1) is 0 Å². The molecule has 2 aromatic rings. The lowest BCUT2D eigenvalue weighted by Crippen LogP contribution is -2.43. The van der Waals surface area contributed by atoms with E-state index in [0.717, 1.165) is 12.8 Å². The second-order valence-corrected chi connectivity index (χ2v) is 6.26. The molecule has 2 bridgehead atoms. The number of ether oxygens (including phenoxy) is 1. The summed E-state index contributed by atoms with van der Waals surface area (Å²) < 4.78 is 7.53. The van der Waals surface area contributed by atoms with Crippen molar-refractivity contribution in [1.29, 1.82) is 0 Å². The van der Waals surface area contributed by atoms with Crippen molar-refractivity contribution in [3.8, 4) is 17.4 Å². The van der Waals surface area contributed by atoms with Crippen LogP contribution in [0.4, 0.5) is 0 Å². The summed E-state index contributed by atoms with van der Waals surface area (Å²) in [6.45, 7) is 0. The minimum Gasteiger partial charge on any atom is -0.461 e. The summed E-state index contributed by atoms with van der Waals surface area (Å²) in [6.07, 6.45) is 7.52. The highest BCUT2D eigenvalue weighted by Gasteiger charge is 2.35. The van der Waals surface area contributed by atoms with Crippen molar-refractivity contribution in [3.05, 3.63) is 35.0 Å². The highest BCUT2D eigenvalue weighted by atomic mass is 16.5. The number of piperidine rings is 1. The molecule has 2 aromatic heterocycles. The molecule has 4 heterocycles. The largest absolute Gasteiger partial charge is 0.461 e. The molecule has 0 spiro atoms. The molecule has 2 fully saturated rings. The number of hydrogen-bond acceptors (Lipinski definition) is 6. The van der Waals surface area contributed by atoms with Crippen LogP contribution in [0.2, 0.25) is 0 Å². The second kappa shape index (κ2) is 5.73. The van der Waals surface area contributed by atoms with E-state index in [1.807, 2.05) is 0 Å². The van der Waals surface area contributed by atoms with Gasteiger partial charge in [0.25, 0.3) is 11.6 Å². The van der Waals surface area contributed by atoms with Crippen molar-refractivity contribution in [3.63, 3.8) is 0 Å². The predicted molar refractivity (Wildman–Crippen MR) is 84.1 cm³/mol. The van der Waals surface area contributed by atoms with Crippen molar-refractivity contribution >= 4 is 0 Å². The number of nitrogens with one attached hydrogen (secondary N) is 1. The Bertz CT molecular complexity index is 749. The molecular formula is C16H19N5O2. The molecule has 1 N–H and O–H groups in total. The van der Waals surface area contributed by atoms with Crippen LogP contribution in [0.15, 0.2) is 29.5 Å². The van der Waals surface area contributed by atoms with Gasteiger partial charge in [0, 0.05) is 31.4 Å². The first-order valence-corrected chi connectivity index (χ1v) is 7.96. The van der Waals surface area contributed by atoms with Gasteiger partial charge in [0.15, 0.2) is 0 Å². The SMILES string of the molecule is Cn1c(OC2C[C@H]3CC[C@@H](C2)N3)nc(-c2ccncn2)cc1=O. The molecule has 2 aliphatic rings. The zero-order valence-electron chi connectivity index (χ0n) is 13.0. The number of fused-ring (bicyclic) bond motifs is 2. The van der Waals surface area contributed by atoms with Gasteiger partial charge < -0.3 is 10.1 Å². The molecule has 1 unspecified atom stereocenters. The molecule has 2 saturated heterocycles. The van der Waals surface area contributed by atoms with Crippen molar-refractivity contribution in [1.82, 2.24) is 24.8 Å². The van der Waals surface area contributed by atoms with Gasteiger partial charge in [-0.15, -0.1) is 0 Å². The second-order valence-electron chi connectivity index (χ2n) is 6.26. The van der Waals surface area contributed by atoms with Crippen LogP contribution in [0.1, 0.15) is 25.7 Å². The fraction of sp³-hybridized carbons (Fsp3) is 0.500. The van der Waals surface area contributed by atoms with Crippen LogP contribution < -0.4 is 15.6 Å². The molecule has 23 heavy (non-hydrogen) atoms. The highest BCUT2D eigenvalue weighted by molar-refractivity contribution is 5.52. The van der Waals surface area contributed by atoms with Crippen LogP contribution >= 0.6 is 0 Å². The average molecular weight is 313 g/mol. The van der Waals surface area contributed by atoms with Crippen molar-refractivity contribution < 1.29 is 4.74 Å². The summed E-state index contributed by atoms with van der Waals surface area (Å²) in [5, 5.41) is 3.58. The fourth-order valence-corrected chi connectivity index (χ4v) is 3.45. The summed E-state index contributed by atoms with van der Waals surface area (Å²) in [7, 11) is 1.68. The van der Waals surface area contributed by atoms with E-state index < -0.39 is 0 Å². The first-order chi connectivity index (χ1) is 11.2. The zero-order valence-corrected chi connectivity index (χ0v) is 13.0. The Morgan fingerprint density at radius 2 is 2.04 bits per heavy atom. The molecular weight excluding hydrogens is 294 g/mol. The van der Waals surface area contributed by atoms with Gasteiger partial charge >= 0.3 is 0 Å². The first-order valence-electron chi connectivity index (χ1n) is 7.96. The maximum Gasteiger partial charge on any atom is 0.299 e. The van der Waals surface area contributed by atoms with E-state index in [0.29, 0.717) is 29.5 Å². The smallest absolute Gasteiger partial charge is 0.299 e. The third kappa shape index (κ3) is 2.84. The maximum atomic E-state index is 12.2. The molecule has 120 valence electrons. The van der Waals surface area contributed by atoms with Gasteiger partial charge in [-0.05, 0) is 31.7 Å². The quantitative estimate of drug-likeness (QED) is 0.906. The van der Waals surface area contributed by atoms with Gasteiger partial charge in [-0.25, -0.2) is 9.97 Å². The summed E-state index contributed by atoms with van der Waals surface area (Å²) in [4.78, 5) is 24.7. The molecule has 0 aromatic carbocycles. The van der Waals surface area contributed by atoms with Crippen LogP contribution in [-0.4, -0.2) is 37.7 Å².